The molecule has 12 heteroatoms. The predicted octanol–water partition coefficient (Wildman–Crippen LogP) is 3.48. The number of halogens is 1. The van der Waals surface area contributed by atoms with E-state index in [1.165, 1.54) is 48.8 Å². The zero-order valence-corrected chi connectivity index (χ0v) is 19.5. The van der Waals surface area contributed by atoms with Crippen molar-refractivity contribution in [3.05, 3.63) is 63.3 Å². The minimum atomic E-state index is -0.647. The van der Waals surface area contributed by atoms with Crippen LogP contribution in [0, 0.1) is 17.7 Å². The minimum Gasteiger partial charge on any atom is -0.502 e. The molecule has 0 aromatic carbocycles. The molecule has 0 saturated heterocycles. The third-order valence-corrected chi connectivity index (χ3v) is 5.14. The number of carbonyl (C=O) groups is 1. The van der Waals surface area contributed by atoms with Crippen LogP contribution in [0.15, 0.2) is 52.6 Å². The van der Waals surface area contributed by atoms with Gasteiger partial charge in [-0.15, -0.1) is 11.3 Å². The number of aromatic nitrogens is 3. The number of methoxy groups -OCH3 is 2. The van der Waals surface area contributed by atoms with E-state index in [2.05, 4.69) is 20.7 Å². The predicted molar refractivity (Wildman–Crippen MR) is 125 cm³/mol. The van der Waals surface area contributed by atoms with Crippen molar-refractivity contribution in [1.82, 2.24) is 25.4 Å². The number of nitrogens with one attached hydrogen (secondary N) is 4. The monoisotopic (exact) mass is 477 g/mol. The fourth-order valence-corrected chi connectivity index (χ4v) is 3.40. The van der Waals surface area contributed by atoms with Crippen molar-refractivity contribution in [2.45, 2.75) is 20.0 Å². The van der Waals surface area contributed by atoms with Gasteiger partial charge in [-0.25, -0.2) is 14.5 Å². The number of hydrogen-bond donors (Lipinski definition) is 4. The molecule has 0 aliphatic heterocycles. The molecule has 10 nitrogen and oxygen atoms in total. The molecule has 2 aromatic heterocycles. The van der Waals surface area contributed by atoms with Gasteiger partial charge in [0.25, 0.3) is 0 Å². The molecule has 2 rings (SSSR count). The van der Waals surface area contributed by atoms with Crippen molar-refractivity contribution < 1.29 is 14.3 Å². The molecule has 2 heterocycles. The molecule has 32 heavy (non-hydrogen) atoms. The second-order valence-corrected chi connectivity index (χ2v) is 7.75. The highest BCUT2D eigenvalue weighted by molar-refractivity contribution is 7.09. The van der Waals surface area contributed by atoms with Gasteiger partial charge in [-0.05, 0) is 26.0 Å². The van der Waals surface area contributed by atoms with Crippen LogP contribution < -0.4 is 10.6 Å². The van der Waals surface area contributed by atoms with Crippen molar-refractivity contribution in [3.63, 3.8) is 0 Å². The quantitative estimate of drug-likeness (QED) is 0.189. The largest absolute Gasteiger partial charge is 0.502 e. The summed E-state index contributed by atoms with van der Waals surface area (Å²) < 4.78 is 11.7. The number of amides is 2. The van der Waals surface area contributed by atoms with E-state index >= 15 is 0 Å². The molecule has 2 amide bonds. The standard InChI is InChI=1S/C20H24ClN7O3S/c1-12(31-4)18(17-11-32-13(2)25-17)16(9-22)27-20(29)26-14(10-30-3)8-15(21)19(23)28-7-5-6-24-28/h5-12,22-23H,1-4H3,(H2,26,27,29)/b14-10-,15-8+,18-16+,22-9?,23-19?/t12-/m1/s1. The first kappa shape index (κ1) is 25.0. The number of allylic oxidation sites excluding steroid dienone is 3. The fourth-order valence-electron chi connectivity index (χ4n) is 2.58. The summed E-state index contributed by atoms with van der Waals surface area (Å²) in [7, 11) is 2.94. The van der Waals surface area contributed by atoms with Gasteiger partial charge in [0.15, 0.2) is 5.84 Å². The van der Waals surface area contributed by atoms with Crippen LogP contribution in [-0.4, -0.2) is 53.2 Å². The summed E-state index contributed by atoms with van der Waals surface area (Å²) in [6.07, 6.45) is 6.29. The summed E-state index contributed by atoms with van der Waals surface area (Å²) in [5.41, 5.74) is 1.58. The highest BCUT2D eigenvalue weighted by Crippen LogP contribution is 2.24. The molecule has 0 saturated carbocycles. The molecule has 0 aliphatic rings. The first-order valence-electron chi connectivity index (χ1n) is 9.27. The van der Waals surface area contributed by atoms with E-state index in [-0.39, 0.29) is 22.3 Å². The summed E-state index contributed by atoms with van der Waals surface area (Å²) in [6.45, 7) is 3.67. The second kappa shape index (κ2) is 11.9. The van der Waals surface area contributed by atoms with Gasteiger partial charge in [0.05, 0.1) is 40.3 Å². The van der Waals surface area contributed by atoms with Crippen LogP contribution in [0.5, 0.6) is 0 Å². The number of hydrogen-bond acceptors (Lipinski definition) is 8. The Morgan fingerprint density at radius 1 is 1.38 bits per heavy atom. The van der Waals surface area contributed by atoms with Crippen LogP contribution in [0.2, 0.25) is 0 Å². The Morgan fingerprint density at radius 3 is 2.66 bits per heavy atom. The lowest BCUT2D eigenvalue weighted by atomic mass is 10.1. The van der Waals surface area contributed by atoms with Crippen molar-refractivity contribution in [3.8, 4) is 0 Å². The van der Waals surface area contributed by atoms with Gasteiger partial charge >= 0.3 is 6.03 Å². The lowest BCUT2D eigenvalue weighted by molar-refractivity contribution is 0.163. The normalized spacial score (nSPS) is 13.8. The molecule has 0 spiro atoms. The number of nitrogens with zero attached hydrogens (tertiary/aromatic N) is 3. The Bertz CT molecular complexity index is 1060. The van der Waals surface area contributed by atoms with Gasteiger partial charge in [-0.1, -0.05) is 11.6 Å². The lowest BCUT2D eigenvalue weighted by Crippen LogP contribution is -2.36. The molecule has 0 fully saturated rings. The Hall–Kier alpha value is -3.28. The number of urea groups is 1. The molecule has 0 aliphatic carbocycles. The van der Waals surface area contributed by atoms with Gasteiger partial charge < -0.3 is 25.5 Å². The average molecular weight is 478 g/mol. The van der Waals surface area contributed by atoms with Crippen LogP contribution in [-0.2, 0) is 9.47 Å². The van der Waals surface area contributed by atoms with E-state index in [1.54, 1.807) is 19.2 Å². The van der Waals surface area contributed by atoms with Crippen LogP contribution in [0.4, 0.5) is 4.79 Å². The topological polar surface area (TPSA) is 138 Å². The summed E-state index contributed by atoms with van der Waals surface area (Å²) in [5, 5.41) is 27.8. The maximum Gasteiger partial charge on any atom is 0.323 e. The van der Waals surface area contributed by atoms with Crippen molar-refractivity contribution in [2.75, 3.05) is 14.2 Å². The van der Waals surface area contributed by atoms with E-state index in [4.69, 9.17) is 31.9 Å². The highest BCUT2D eigenvalue weighted by Gasteiger charge is 2.20. The average Bonchev–Trinajstić information content (AvgIpc) is 3.44. The minimum absolute atomic E-state index is 0.0202. The van der Waals surface area contributed by atoms with Gasteiger partial charge in [0.2, 0.25) is 0 Å². The van der Waals surface area contributed by atoms with E-state index < -0.39 is 12.1 Å². The van der Waals surface area contributed by atoms with Crippen LogP contribution in [0.3, 0.4) is 0 Å². The zero-order valence-electron chi connectivity index (χ0n) is 18.0. The Balaban J connectivity index is 2.26. The van der Waals surface area contributed by atoms with Gasteiger partial charge in [-0.2, -0.15) is 5.10 Å². The third-order valence-electron chi connectivity index (χ3n) is 4.08. The summed E-state index contributed by atoms with van der Waals surface area (Å²) in [5.74, 6) is -0.0870. The van der Waals surface area contributed by atoms with Crippen molar-refractivity contribution in [2.24, 2.45) is 0 Å². The van der Waals surface area contributed by atoms with Crippen molar-refractivity contribution in [1.29, 1.82) is 10.8 Å². The maximum atomic E-state index is 12.7. The first-order valence-corrected chi connectivity index (χ1v) is 10.5. The van der Waals surface area contributed by atoms with Gasteiger partial charge in [-0.3, -0.25) is 5.41 Å². The zero-order chi connectivity index (χ0) is 23.7. The highest BCUT2D eigenvalue weighted by atomic mass is 35.5. The number of carbonyl (C=O) groups excluding carboxylic acids is 1. The number of ether oxygens (including phenoxy) is 2. The van der Waals surface area contributed by atoms with Gasteiger partial charge in [0.1, 0.15) is 6.26 Å². The van der Waals surface area contributed by atoms with Crippen LogP contribution >= 0.6 is 22.9 Å². The Kier molecular flexibility index (Phi) is 9.32. The van der Waals surface area contributed by atoms with Gasteiger partial charge in [0, 0.05) is 36.7 Å². The Morgan fingerprint density at radius 2 is 2.12 bits per heavy atom. The summed E-state index contributed by atoms with van der Waals surface area (Å²) in [4.78, 5) is 17.1. The number of aryl methyl sites for hydroxylation is 1. The SMILES string of the molecule is CO/C=C(/C=C(/Cl)C(=N)n1cccn1)NC(=O)N/C(C=N)=C(/c1csc(C)n1)[C@@H](C)OC. The van der Waals surface area contributed by atoms with E-state index in [9.17, 15) is 4.79 Å². The molecular weight excluding hydrogens is 454 g/mol. The smallest absolute Gasteiger partial charge is 0.323 e. The van der Waals surface area contributed by atoms with E-state index in [1.807, 2.05) is 12.3 Å². The molecule has 1 atom stereocenters. The molecule has 0 bridgehead atoms. The second-order valence-electron chi connectivity index (χ2n) is 6.28. The molecule has 2 aromatic rings. The first-order chi connectivity index (χ1) is 15.3. The number of rotatable bonds is 9. The lowest BCUT2D eigenvalue weighted by Gasteiger charge is -2.17. The third kappa shape index (κ3) is 6.61. The van der Waals surface area contributed by atoms with Crippen LogP contribution in [0.25, 0.3) is 5.57 Å². The molecular formula is C20H24ClN7O3S. The van der Waals surface area contributed by atoms with E-state index in [0.29, 0.717) is 11.3 Å². The molecule has 4 N–H and O–H groups in total. The molecule has 0 unspecified atom stereocenters. The Labute approximate surface area is 194 Å². The maximum absolute atomic E-state index is 12.7. The number of thiazole rings is 1. The molecule has 170 valence electrons. The van der Waals surface area contributed by atoms with Crippen LogP contribution in [0.1, 0.15) is 17.6 Å². The summed E-state index contributed by atoms with van der Waals surface area (Å²) in [6, 6.07) is 1.01. The summed E-state index contributed by atoms with van der Waals surface area (Å²) >= 11 is 7.65. The van der Waals surface area contributed by atoms with E-state index in [0.717, 1.165) is 11.2 Å². The van der Waals surface area contributed by atoms with Crippen molar-refractivity contribution >= 4 is 46.6 Å². The molecule has 0 radical (unpaired) electrons. The fraction of sp³-hybridized carbons (Fsp3) is 0.250.